The molecule has 4 aromatic carbocycles. The summed E-state index contributed by atoms with van der Waals surface area (Å²) in [5, 5.41) is 0. The van der Waals surface area contributed by atoms with Crippen LogP contribution >= 0.6 is 0 Å². The molecule has 0 aliphatic carbocycles. The van der Waals surface area contributed by atoms with Crippen molar-refractivity contribution in [3.63, 3.8) is 0 Å². The summed E-state index contributed by atoms with van der Waals surface area (Å²) in [7, 11) is 0. The van der Waals surface area contributed by atoms with Crippen LogP contribution in [0.2, 0.25) is 0 Å². The van der Waals surface area contributed by atoms with Crippen LogP contribution in [0.5, 0.6) is 0 Å². The molecule has 0 aromatic heterocycles. The Kier molecular flexibility index (Phi) is 20.5. The van der Waals surface area contributed by atoms with E-state index < -0.39 is 0 Å². The summed E-state index contributed by atoms with van der Waals surface area (Å²) in [6.45, 7) is 12.4. The highest BCUT2D eigenvalue weighted by Gasteiger charge is 2.25. The molecule has 0 saturated heterocycles. The fourth-order valence-electron chi connectivity index (χ4n) is 4.33. The van der Waals surface area contributed by atoms with Crippen molar-refractivity contribution in [1.82, 2.24) is 0 Å². The number of benzene rings is 4. The summed E-state index contributed by atoms with van der Waals surface area (Å²) in [5.41, 5.74) is 6.63. The zero-order valence-electron chi connectivity index (χ0n) is 27.6. The summed E-state index contributed by atoms with van der Waals surface area (Å²) < 4.78 is 0. The molecule has 0 spiro atoms. The van der Waals surface area contributed by atoms with Crippen LogP contribution in [0.25, 0.3) is 11.1 Å². The molecule has 48 heavy (non-hydrogen) atoms. The lowest BCUT2D eigenvalue weighted by Gasteiger charge is -2.12. The molecule has 4 amide bonds. The second-order valence-corrected chi connectivity index (χ2v) is 9.46. The Bertz CT molecular complexity index is 1430. The Hall–Kier alpha value is -5.36. The lowest BCUT2D eigenvalue weighted by atomic mass is 10.0. The van der Waals surface area contributed by atoms with Crippen molar-refractivity contribution in [3.8, 4) is 11.1 Å². The predicted octanol–water partition coefficient (Wildman–Crippen LogP) is 10.0. The molecular weight excluding hydrogens is 596 g/mol. The van der Waals surface area contributed by atoms with Crippen LogP contribution in [-0.2, 0) is 32.0 Å². The Morgan fingerprint density at radius 2 is 0.646 bits per heavy atom. The Morgan fingerprint density at radius 1 is 0.396 bits per heavy atom. The molecular formula is C42H52N2O4. The van der Waals surface area contributed by atoms with Gasteiger partial charge < -0.3 is 0 Å². The third-order valence-electron chi connectivity index (χ3n) is 6.71. The van der Waals surface area contributed by atoms with E-state index in [-0.39, 0.29) is 38.5 Å². The van der Waals surface area contributed by atoms with Gasteiger partial charge in [0.25, 0.3) is 23.6 Å². The summed E-state index contributed by atoms with van der Waals surface area (Å²) in [6, 6.07) is 35.4. The molecule has 6 rings (SSSR count). The van der Waals surface area contributed by atoms with Gasteiger partial charge in [0.1, 0.15) is 0 Å². The Morgan fingerprint density at radius 3 is 0.875 bits per heavy atom. The van der Waals surface area contributed by atoms with Crippen LogP contribution in [0.3, 0.4) is 0 Å². The van der Waals surface area contributed by atoms with Gasteiger partial charge in [0.15, 0.2) is 0 Å². The highest BCUT2D eigenvalue weighted by atomic mass is 16.2. The number of aryl methyl sites for hydroxylation is 2. The van der Waals surface area contributed by atoms with E-state index in [1.165, 1.54) is 46.6 Å². The second kappa shape index (κ2) is 23.0. The van der Waals surface area contributed by atoms with E-state index in [1.54, 1.807) is 48.5 Å². The van der Waals surface area contributed by atoms with Crippen LogP contribution < -0.4 is 9.80 Å². The van der Waals surface area contributed by atoms with Crippen molar-refractivity contribution in [2.75, 3.05) is 9.80 Å². The topological polar surface area (TPSA) is 74.8 Å². The largest absolute Gasteiger partial charge is 0.269 e. The van der Waals surface area contributed by atoms with Crippen molar-refractivity contribution >= 4 is 35.0 Å². The number of nitrogens with zero attached hydrogens (tertiary/aromatic N) is 2. The molecule has 0 radical (unpaired) electrons. The molecule has 6 nitrogen and oxygen atoms in total. The summed E-state index contributed by atoms with van der Waals surface area (Å²) >= 11 is 0. The third kappa shape index (κ3) is 12.1. The van der Waals surface area contributed by atoms with Gasteiger partial charge in [-0.15, -0.1) is 0 Å². The maximum Gasteiger partial charge on any atom is 0.258 e. The van der Waals surface area contributed by atoms with Gasteiger partial charge in [-0.3, -0.25) is 19.2 Å². The van der Waals surface area contributed by atoms with E-state index in [4.69, 9.17) is 0 Å². The average Bonchev–Trinajstić information content (AvgIpc) is 3.66. The molecule has 254 valence electrons. The number of hydrogen-bond donors (Lipinski definition) is 0. The number of hydrogen-bond acceptors (Lipinski definition) is 4. The summed E-state index contributed by atoms with van der Waals surface area (Å²) in [6.07, 6.45) is 7.30. The molecule has 6 heteroatoms. The van der Waals surface area contributed by atoms with Crippen molar-refractivity contribution < 1.29 is 19.2 Å². The second-order valence-electron chi connectivity index (χ2n) is 9.46. The summed E-state index contributed by atoms with van der Waals surface area (Å²) in [4.78, 5) is 47.1. The third-order valence-corrected chi connectivity index (χ3v) is 6.71. The molecule has 0 saturated carbocycles. The number of carbonyl (C=O) groups excluding carboxylic acids is 4. The van der Waals surface area contributed by atoms with E-state index >= 15 is 0 Å². The number of anilines is 2. The normalized spacial score (nSPS) is 12.1. The van der Waals surface area contributed by atoms with Crippen molar-refractivity contribution in [3.05, 3.63) is 145 Å². The zero-order valence-corrected chi connectivity index (χ0v) is 27.6. The highest BCUT2D eigenvalue weighted by molar-refractivity contribution is 6.28. The first kappa shape index (κ1) is 42.6. The highest BCUT2D eigenvalue weighted by Crippen LogP contribution is 2.21. The Labute approximate surface area is 288 Å². The van der Waals surface area contributed by atoms with E-state index in [2.05, 4.69) is 62.4 Å². The van der Waals surface area contributed by atoms with Crippen LogP contribution in [-0.4, -0.2) is 23.6 Å². The predicted molar refractivity (Wildman–Crippen MR) is 203 cm³/mol. The molecule has 0 fully saturated rings. The lowest BCUT2D eigenvalue weighted by Crippen LogP contribution is -2.29. The van der Waals surface area contributed by atoms with Crippen molar-refractivity contribution in [2.45, 2.75) is 69.2 Å². The first-order chi connectivity index (χ1) is 22.4. The standard InChI is InChI=1S/C16H18.2C10H7NO2.2C2H6.2CH4/c1-3-13-5-9-15(10-6-13)16-11-7-14(4-2)8-12-16;2*12-9-6-7-10(13)11(9)8-4-2-1-3-5-8;2*1-2;;/h5-12H,3-4H2,1-2H3;2*1-7H;2*1-2H3;2*1H4. The first-order valence-electron chi connectivity index (χ1n) is 15.8. The number of carbonyl (C=O) groups is 4. The number of imide groups is 2. The minimum absolute atomic E-state index is 0. The van der Waals surface area contributed by atoms with Gasteiger partial charge in [-0.05, 0) is 59.4 Å². The van der Waals surface area contributed by atoms with Crippen molar-refractivity contribution in [2.24, 2.45) is 0 Å². The fourth-order valence-corrected chi connectivity index (χ4v) is 4.33. The van der Waals surface area contributed by atoms with Crippen LogP contribution in [0.4, 0.5) is 11.4 Å². The molecule has 2 aliphatic rings. The van der Waals surface area contributed by atoms with Gasteiger partial charge in [0, 0.05) is 24.3 Å². The van der Waals surface area contributed by atoms with Crippen LogP contribution in [0.1, 0.15) is 67.5 Å². The maximum absolute atomic E-state index is 11.2. The maximum atomic E-state index is 11.2. The quantitative estimate of drug-likeness (QED) is 0.202. The van der Waals surface area contributed by atoms with E-state index in [9.17, 15) is 19.2 Å². The molecule has 2 heterocycles. The van der Waals surface area contributed by atoms with E-state index in [0.717, 1.165) is 22.6 Å². The number of amides is 4. The molecule has 0 atom stereocenters. The SMILES string of the molecule is C.C.CC.CC.CCc1ccc(-c2ccc(CC)cc2)cc1.O=C1C=CC(=O)N1c1ccccc1.O=C1C=CC(=O)N1c1ccccc1. The van der Waals surface area contributed by atoms with Gasteiger partial charge in [0.05, 0.1) is 11.4 Å². The van der Waals surface area contributed by atoms with Crippen LogP contribution in [0, 0.1) is 0 Å². The van der Waals surface area contributed by atoms with Gasteiger partial charge in [-0.1, -0.05) is 141 Å². The van der Waals surface area contributed by atoms with Gasteiger partial charge in [0.2, 0.25) is 0 Å². The van der Waals surface area contributed by atoms with Gasteiger partial charge >= 0.3 is 0 Å². The van der Waals surface area contributed by atoms with Crippen LogP contribution in [0.15, 0.2) is 133 Å². The van der Waals surface area contributed by atoms with Gasteiger partial charge in [-0.25, -0.2) is 9.80 Å². The zero-order chi connectivity index (χ0) is 33.9. The smallest absolute Gasteiger partial charge is 0.258 e. The molecule has 0 bridgehead atoms. The first-order valence-corrected chi connectivity index (χ1v) is 15.8. The van der Waals surface area contributed by atoms with E-state index in [1.807, 2.05) is 39.8 Å². The molecule has 4 aromatic rings. The number of para-hydroxylation sites is 2. The van der Waals surface area contributed by atoms with Crippen molar-refractivity contribution in [1.29, 1.82) is 0 Å². The average molecular weight is 649 g/mol. The van der Waals surface area contributed by atoms with E-state index in [0.29, 0.717) is 11.4 Å². The van der Waals surface area contributed by atoms with Gasteiger partial charge in [-0.2, -0.15) is 0 Å². The molecule has 2 aliphatic heterocycles. The Balaban J connectivity index is 0.000000646. The summed E-state index contributed by atoms with van der Waals surface area (Å²) in [5.74, 6) is -1.13. The fraction of sp³-hybridized carbons (Fsp3) is 0.238. The number of rotatable bonds is 5. The lowest BCUT2D eigenvalue weighted by molar-refractivity contribution is -0.121. The minimum Gasteiger partial charge on any atom is -0.269 e. The monoisotopic (exact) mass is 648 g/mol. The molecule has 0 N–H and O–H groups in total. The molecule has 0 unspecified atom stereocenters. The minimum atomic E-state index is -0.281.